The second-order valence-corrected chi connectivity index (χ2v) is 6.72. The number of hydrogen-bond donors (Lipinski definition) is 2. The van der Waals surface area contributed by atoms with Crippen LogP contribution in [0.25, 0.3) is 6.08 Å². The van der Waals surface area contributed by atoms with E-state index in [1.807, 2.05) is 0 Å². The van der Waals surface area contributed by atoms with Gasteiger partial charge in [0.25, 0.3) is 11.8 Å². The number of thiocarbonyl (C=S) groups is 1. The minimum atomic E-state index is -0.580. The molecule has 0 unspecified atom stereocenters. The van der Waals surface area contributed by atoms with Gasteiger partial charge in [-0.25, -0.2) is 4.39 Å². The first-order chi connectivity index (χ1) is 12.4. The van der Waals surface area contributed by atoms with E-state index in [9.17, 15) is 14.0 Å². The average molecular weight is 435 g/mol. The Labute approximate surface area is 162 Å². The predicted octanol–water partition coefficient (Wildman–Crippen LogP) is 3.08. The normalized spacial score (nSPS) is 13.9. The van der Waals surface area contributed by atoms with Gasteiger partial charge in [-0.2, -0.15) is 0 Å². The smallest absolute Gasteiger partial charge is 0.263 e. The summed E-state index contributed by atoms with van der Waals surface area (Å²) in [6.07, 6.45) is 1.43. The summed E-state index contributed by atoms with van der Waals surface area (Å²) in [5.41, 5.74) is 1.24. The van der Waals surface area contributed by atoms with E-state index in [1.54, 1.807) is 30.3 Å². The highest BCUT2D eigenvalue weighted by atomic mass is 79.9. The van der Waals surface area contributed by atoms with E-state index >= 15 is 0 Å². The standard InChI is InChI=1S/C18H12BrFN2O3S/c19-12-3-6-15(25-9-10-1-4-13(20)5-2-10)11(7-12)8-14-16(23)21-18(26)22-17(14)24/h1-8H,9H2,(H2,21,22,23,24,26). The van der Waals surface area contributed by atoms with Gasteiger partial charge in [0.05, 0.1) is 0 Å². The molecule has 1 heterocycles. The lowest BCUT2D eigenvalue weighted by molar-refractivity contribution is -0.123. The largest absolute Gasteiger partial charge is 0.488 e. The summed E-state index contributed by atoms with van der Waals surface area (Å²) in [7, 11) is 0. The molecule has 3 rings (SSSR count). The van der Waals surface area contributed by atoms with E-state index in [1.165, 1.54) is 18.2 Å². The van der Waals surface area contributed by atoms with E-state index in [0.29, 0.717) is 11.3 Å². The summed E-state index contributed by atoms with van der Waals surface area (Å²) >= 11 is 8.14. The molecule has 1 fully saturated rings. The lowest BCUT2D eigenvalue weighted by atomic mass is 10.1. The van der Waals surface area contributed by atoms with Gasteiger partial charge in [0.1, 0.15) is 23.7 Å². The Hall–Kier alpha value is -2.58. The number of hydrogen-bond acceptors (Lipinski definition) is 4. The fourth-order valence-electron chi connectivity index (χ4n) is 2.27. The zero-order valence-electron chi connectivity index (χ0n) is 13.2. The first-order valence-corrected chi connectivity index (χ1v) is 8.67. The molecule has 0 aromatic heterocycles. The van der Waals surface area contributed by atoms with Gasteiger partial charge in [-0.05, 0) is 54.2 Å². The highest BCUT2D eigenvalue weighted by Gasteiger charge is 2.26. The van der Waals surface area contributed by atoms with Crippen LogP contribution in [0.4, 0.5) is 4.39 Å². The summed E-state index contributed by atoms with van der Waals surface area (Å²) in [6, 6.07) is 11.2. The lowest BCUT2D eigenvalue weighted by Crippen LogP contribution is -2.51. The second-order valence-electron chi connectivity index (χ2n) is 5.39. The second kappa shape index (κ2) is 7.76. The zero-order valence-corrected chi connectivity index (χ0v) is 15.6. The average Bonchev–Trinajstić information content (AvgIpc) is 2.58. The molecule has 8 heteroatoms. The van der Waals surface area contributed by atoms with Crippen LogP contribution < -0.4 is 15.4 Å². The molecule has 132 valence electrons. The molecule has 1 saturated heterocycles. The molecule has 2 N–H and O–H groups in total. The molecule has 0 atom stereocenters. The van der Waals surface area contributed by atoms with Gasteiger partial charge in [-0.15, -0.1) is 0 Å². The van der Waals surface area contributed by atoms with E-state index in [2.05, 4.69) is 26.6 Å². The Bertz CT molecular complexity index is 907. The number of amides is 2. The molecule has 0 bridgehead atoms. The van der Waals surface area contributed by atoms with E-state index < -0.39 is 11.8 Å². The fourth-order valence-corrected chi connectivity index (χ4v) is 2.83. The molecule has 2 aromatic rings. The van der Waals surface area contributed by atoms with Crippen LogP contribution in [0.3, 0.4) is 0 Å². The maximum atomic E-state index is 13.0. The Balaban J connectivity index is 1.87. The first kappa shape index (κ1) is 18.2. The van der Waals surface area contributed by atoms with Gasteiger partial charge in [0.15, 0.2) is 5.11 Å². The Morgan fingerprint density at radius 2 is 1.73 bits per heavy atom. The van der Waals surface area contributed by atoms with Crippen LogP contribution in [0.1, 0.15) is 11.1 Å². The molecule has 26 heavy (non-hydrogen) atoms. The van der Waals surface area contributed by atoms with Crippen molar-refractivity contribution in [1.29, 1.82) is 0 Å². The van der Waals surface area contributed by atoms with Gasteiger partial charge in [0.2, 0.25) is 0 Å². The molecule has 0 radical (unpaired) electrons. The van der Waals surface area contributed by atoms with Crippen molar-refractivity contribution in [2.45, 2.75) is 6.61 Å². The van der Waals surface area contributed by atoms with E-state index in [4.69, 9.17) is 17.0 Å². The molecular formula is C18H12BrFN2O3S. The van der Waals surface area contributed by atoms with Crippen LogP contribution in [0.15, 0.2) is 52.5 Å². The summed E-state index contributed by atoms with van der Waals surface area (Å²) in [6.45, 7) is 0.209. The number of halogens is 2. The SMILES string of the molecule is O=C1NC(=S)NC(=O)C1=Cc1cc(Br)ccc1OCc1ccc(F)cc1. The van der Waals surface area contributed by atoms with Gasteiger partial charge in [0, 0.05) is 10.0 Å². The van der Waals surface area contributed by atoms with Crippen LogP contribution in [-0.4, -0.2) is 16.9 Å². The van der Waals surface area contributed by atoms with Crippen molar-refractivity contribution in [3.63, 3.8) is 0 Å². The Morgan fingerprint density at radius 1 is 1.08 bits per heavy atom. The maximum absolute atomic E-state index is 13.0. The fraction of sp³-hybridized carbons (Fsp3) is 0.0556. The number of carbonyl (C=O) groups is 2. The van der Waals surface area contributed by atoms with Crippen LogP contribution in [-0.2, 0) is 16.2 Å². The highest BCUT2D eigenvalue weighted by Crippen LogP contribution is 2.27. The number of benzene rings is 2. The van der Waals surface area contributed by atoms with Crippen molar-refractivity contribution in [2.24, 2.45) is 0 Å². The predicted molar refractivity (Wildman–Crippen MR) is 102 cm³/mol. The maximum Gasteiger partial charge on any atom is 0.263 e. The third-order valence-electron chi connectivity index (χ3n) is 3.52. The molecular weight excluding hydrogens is 423 g/mol. The molecule has 1 aliphatic heterocycles. The topological polar surface area (TPSA) is 67.4 Å². The van der Waals surface area contributed by atoms with Crippen LogP contribution in [0.2, 0.25) is 0 Å². The van der Waals surface area contributed by atoms with Crippen molar-refractivity contribution in [1.82, 2.24) is 10.6 Å². The minimum Gasteiger partial charge on any atom is -0.488 e. The quantitative estimate of drug-likeness (QED) is 0.440. The molecule has 2 aromatic carbocycles. The third-order valence-corrected chi connectivity index (χ3v) is 4.22. The van der Waals surface area contributed by atoms with Crippen molar-refractivity contribution in [3.05, 3.63) is 69.5 Å². The summed E-state index contributed by atoms with van der Waals surface area (Å²) in [5.74, 6) is -1.01. The lowest BCUT2D eigenvalue weighted by Gasteiger charge is -2.17. The zero-order chi connectivity index (χ0) is 18.7. The van der Waals surface area contributed by atoms with Crippen molar-refractivity contribution in [2.75, 3.05) is 0 Å². The van der Waals surface area contributed by atoms with Crippen LogP contribution >= 0.6 is 28.1 Å². The Morgan fingerprint density at radius 3 is 2.38 bits per heavy atom. The molecule has 0 saturated carbocycles. The monoisotopic (exact) mass is 434 g/mol. The van der Waals surface area contributed by atoms with Gasteiger partial charge >= 0.3 is 0 Å². The summed E-state index contributed by atoms with van der Waals surface area (Å²) in [4.78, 5) is 24.0. The molecule has 1 aliphatic rings. The van der Waals surface area contributed by atoms with E-state index in [0.717, 1.165) is 10.0 Å². The van der Waals surface area contributed by atoms with Gasteiger partial charge in [-0.3, -0.25) is 20.2 Å². The minimum absolute atomic E-state index is 0.0285. The van der Waals surface area contributed by atoms with Gasteiger partial charge in [-0.1, -0.05) is 28.1 Å². The van der Waals surface area contributed by atoms with Crippen LogP contribution in [0.5, 0.6) is 5.75 Å². The molecule has 2 amide bonds. The van der Waals surface area contributed by atoms with Crippen molar-refractivity contribution >= 4 is 51.2 Å². The number of nitrogens with one attached hydrogen (secondary N) is 2. The molecule has 0 spiro atoms. The molecule has 5 nitrogen and oxygen atoms in total. The Kier molecular flexibility index (Phi) is 5.43. The summed E-state index contributed by atoms with van der Waals surface area (Å²) in [5, 5.41) is 4.73. The summed E-state index contributed by atoms with van der Waals surface area (Å²) < 4.78 is 19.5. The van der Waals surface area contributed by atoms with E-state index in [-0.39, 0.29) is 23.1 Å². The van der Waals surface area contributed by atoms with Crippen molar-refractivity contribution in [3.8, 4) is 5.75 Å². The third kappa shape index (κ3) is 4.33. The first-order valence-electron chi connectivity index (χ1n) is 7.47. The number of carbonyl (C=O) groups excluding carboxylic acids is 2. The molecule has 0 aliphatic carbocycles. The van der Waals surface area contributed by atoms with Crippen LogP contribution in [0, 0.1) is 5.82 Å². The number of rotatable bonds is 4. The van der Waals surface area contributed by atoms with Gasteiger partial charge < -0.3 is 4.74 Å². The number of ether oxygens (including phenoxy) is 1. The van der Waals surface area contributed by atoms with Crippen molar-refractivity contribution < 1.29 is 18.7 Å². The highest BCUT2D eigenvalue weighted by molar-refractivity contribution is 9.10.